The van der Waals surface area contributed by atoms with E-state index in [2.05, 4.69) is 43.1 Å². The Hall–Kier alpha value is -2.00. The van der Waals surface area contributed by atoms with E-state index >= 15 is 0 Å². The zero-order chi connectivity index (χ0) is 15.1. The molecule has 0 amide bonds. The van der Waals surface area contributed by atoms with Gasteiger partial charge in [0.15, 0.2) is 0 Å². The maximum atomic E-state index is 5.78. The summed E-state index contributed by atoms with van der Waals surface area (Å²) in [5, 5.41) is 0. The second kappa shape index (κ2) is 7.70. The second-order valence-electron chi connectivity index (χ2n) is 5.31. The molecular weight excluding hydrogens is 260 g/mol. The summed E-state index contributed by atoms with van der Waals surface area (Å²) >= 11 is 0. The lowest BCUT2D eigenvalue weighted by Crippen LogP contribution is -2.20. The summed E-state index contributed by atoms with van der Waals surface area (Å²) in [5.41, 5.74) is 9.27. The highest BCUT2D eigenvalue weighted by molar-refractivity contribution is 5.47. The van der Waals surface area contributed by atoms with Crippen LogP contribution >= 0.6 is 0 Å². The molecule has 112 valence electrons. The Kier molecular flexibility index (Phi) is 5.64. The van der Waals surface area contributed by atoms with Gasteiger partial charge < -0.3 is 15.4 Å². The largest absolute Gasteiger partial charge is 0.494 e. The number of benzene rings is 2. The van der Waals surface area contributed by atoms with Gasteiger partial charge in [-0.3, -0.25) is 0 Å². The number of hydrogen-bond donors (Lipinski definition) is 1. The third-order valence-electron chi connectivity index (χ3n) is 3.48. The topological polar surface area (TPSA) is 38.5 Å². The summed E-state index contributed by atoms with van der Waals surface area (Å²) < 4.78 is 5.78. The normalized spacial score (nSPS) is 10.4. The van der Waals surface area contributed by atoms with E-state index in [1.165, 1.54) is 11.3 Å². The number of ether oxygens (including phenoxy) is 1. The van der Waals surface area contributed by atoms with E-state index in [1.54, 1.807) is 0 Å². The van der Waals surface area contributed by atoms with Crippen molar-refractivity contribution in [1.29, 1.82) is 0 Å². The van der Waals surface area contributed by atoms with Gasteiger partial charge >= 0.3 is 0 Å². The molecule has 2 aromatic carbocycles. The van der Waals surface area contributed by atoms with E-state index in [1.807, 2.05) is 24.3 Å². The summed E-state index contributed by atoms with van der Waals surface area (Å²) in [4.78, 5) is 2.26. The quantitative estimate of drug-likeness (QED) is 0.792. The molecule has 0 unspecified atom stereocenters. The molecule has 2 N–H and O–H groups in total. The van der Waals surface area contributed by atoms with E-state index in [-0.39, 0.29) is 0 Å². The van der Waals surface area contributed by atoms with E-state index in [0.717, 1.165) is 24.3 Å². The Balaban J connectivity index is 1.76. The number of nitrogens with zero attached hydrogens (tertiary/aromatic N) is 1. The lowest BCUT2D eigenvalue weighted by atomic mass is 10.2. The fraction of sp³-hybridized carbons (Fsp3) is 0.333. The van der Waals surface area contributed by atoms with Gasteiger partial charge in [0.05, 0.1) is 6.61 Å². The van der Waals surface area contributed by atoms with E-state index in [4.69, 9.17) is 10.5 Å². The second-order valence-corrected chi connectivity index (χ2v) is 5.31. The van der Waals surface area contributed by atoms with Gasteiger partial charge in [-0.25, -0.2) is 0 Å². The smallest absolute Gasteiger partial charge is 0.119 e. The highest BCUT2D eigenvalue weighted by Crippen LogP contribution is 2.15. The Morgan fingerprint density at radius 2 is 1.90 bits per heavy atom. The maximum Gasteiger partial charge on any atom is 0.119 e. The lowest BCUT2D eigenvalue weighted by molar-refractivity contribution is 0.312. The average Bonchev–Trinajstić information content (AvgIpc) is 2.51. The van der Waals surface area contributed by atoms with Gasteiger partial charge in [0.25, 0.3) is 0 Å². The zero-order valence-corrected chi connectivity index (χ0v) is 12.9. The van der Waals surface area contributed by atoms with Crippen LogP contribution in [0.4, 0.5) is 5.69 Å². The van der Waals surface area contributed by atoms with E-state index in [0.29, 0.717) is 13.2 Å². The first-order valence-corrected chi connectivity index (χ1v) is 7.38. The molecule has 0 heterocycles. The first-order chi connectivity index (χ1) is 10.2. The lowest BCUT2D eigenvalue weighted by Gasteiger charge is -2.19. The minimum Gasteiger partial charge on any atom is -0.494 e. The molecule has 21 heavy (non-hydrogen) atoms. The van der Waals surface area contributed by atoms with Crippen molar-refractivity contribution < 1.29 is 4.74 Å². The summed E-state index contributed by atoms with van der Waals surface area (Å²) in [5.74, 6) is 0.899. The van der Waals surface area contributed by atoms with E-state index < -0.39 is 0 Å². The third-order valence-corrected chi connectivity index (χ3v) is 3.48. The highest BCUT2D eigenvalue weighted by Gasteiger charge is 2.01. The van der Waals surface area contributed by atoms with Crippen LogP contribution in [-0.4, -0.2) is 20.2 Å². The predicted octanol–water partition coefficient (Wildman–Crippen LogP) is 3.36. The van der Waals surface area contributed by atoms with Crippen LogP contribution < -0.4 is 15.4 Å². The number of anilines is 1. The molecule has 0 aromatic heterocycles. The minimum absolute atomic E-state index is 0.549. The van der Waals surface area contributed by atoms with Gasteiger partial charge in [0, 0.05) is 25.8 Å². The fourth-order valence-corrected chi connectivity index (χ4v) is 2.25. The molecule has 0 fully saturated rings. The Labute approximate surface area is 127 Å². The van der Waals surface area contributed by atoms with Gasteiger partial charge in [-0.2, -0.15) is 0 Å². The number of nitrogens with two attached hydrogens (primary N) is 1. The van der Waals surface area contributed by atoms with E-state index in [9.17, 15) is 0 Å². The third kappa shape index (κ3) is 4.80. The Morgan fingerprint density at radius 1 is 1.10 bits per heavy atom. The van der Waals surface area contributed by atoms with Crippen LogP contribution in [0.1, 0.15) is 17.5 Å². The molecule has 0 atom stereocenters. The van der Waals surface area contributed by atoms with Gasteiger partial charge in [-0.05, 0) is 48.7 Å². The van der Waals surface area contributed by atoms with Crippen molar-refractivity contribution >= 4 is 5.69 Å². The van der Waals surface area contributed by atoms with Crippen molar-refractivity contribution in [1.82, 2.24) is 0 Å². The SMILES string of the molecule is Cc1cccc(N(C)CCCOc2cccc(CN)c2)c1. The van der Waals surface area contributed by atoms with Crippen molar-refractivity contribution in [3.63, 3.8) is 0 Å². The summed E-state index contributed by atoms with van der Waals surface area (Å²) in [6.45, 7) is 4.35. The van der Waals surface area contributed by atoms with Crippen LogP contribution in [0.2, 0.25) is 0 Å². The van der Waals surface area contributed by atoms with Crippen molar-refractivity contribution in [3.05, 3.63) is 59.7 Å². The standard InChI is InChI=1S/C18H24N2O/c1-15-6-3-8-17(12-15)20(2)10-5-11-21-18-9-4-7-16(13-18)14-19/h3-4,6-9,12-13H,5,10-11,14,19H2,1-2H3. The molecule has 0 radical (unpaired) electrons. The Morgan fingerprint density at radius 3 is 2.67 bits per heavy atom. The molecule has 2 rings (SSSR count). The molecule has 0 aliphatic heterocycles. The molecule has 0 saturated carbocycles. The van der Waals surface area contributed by atoms with Crippen LogP contribution in [0, 0.1) is 6.92 Å². The van der Waals surface area contributed by atoms with Crippen molar-refractivity contribution in [2.45, 2.75) is 19.9 Å². The summed E-state index contributed by atoms with van der Waals surface area (Å²) in [6.07, 6.45) is 0.983. The molecule has 3 nitrogen and oxygen atoms in total. The van der Waals surface area contributed by atoms with Crippen LogP contribution in [0.15, 0.2) is 48.5 Å². The van der Waals surface area contributed by atoms with Crippen LogP contribution in [0.25, 0.3) is 0 Å². The fourth-order valence-electron chi connectivity index (χ4n) is 2.25. The molecule has 0 bridgehead atoms. The van der Waals surface area contributed by atoms with Crippen LogP contribution in [-0.2, 0) is 6.54 Å². The molecule has 0 aliphatic carbocycles. The zero-order valence-electron chi connectivity index (χ0n) is 12.9. The van der Waals surface area contributed by atoms with Crippen LogP contribution in [0.3, 0.4) is 0 Å². The number of aryl methyl sites for hydroxylation is 1. The monoisotopic (exact) mass is 284 g/mol. The Bertz CT molecular complexity index is 569. The van der Waals surface area contributed by atoms with Gasteiger partial charge in [-0.1, -0.05) is 24.3 Å². The van der Waals surface area contributed by atoms with Crippen LogP contribution in [0.5, 0.6) is 5.75 Å². The number of rotatable bonds is 7. The summed E-state index contributed by atoms with van der Waals surface area (Å²) in [7, 11) is 2.11. The van der Waals surface area contributed by atoms with Gasteiger partial charge in [0.1, 0.15) is 5.75 Å². The summed E-state index contributed by atoms with van der Waals surface area (Å²) in [6, 6.07) is 16.5. The van der Waals surface area contributed by atoms with Gasteiger partial charge in [-0.15, -0.1) is 0 Å². The van der Waals surface area contributed by atoms with Crippen molar-refractivity contribution in [2.75, 3.05) is 25.1 Å². The molecule has 0 spiro atoms. The highest BCUT2D eigenvalue weighted by atomic mass is 16.5. The first kappa shape index (κ1) is 15.4. The predicted molar refractivity (Wildman–Crippen MR) is 88.9 cm³/mol. The molecule has 3 heteroatoms. The molecule has 2 aromatic rings. The maximum absolute atomic E-state index is 5.78. The first-order valence-electron chi connectivity index (χ1n) is 7.38. The average molecular weight is 284 g/mol. The molecule has 0 aliphatic rings. The van der Waals surface area contributed by atoms with Crippen molar-refractivity contribution in [2.24, 2.45) is 5.73 Å². The van der Waals surface area contributed by atoms with Gasteiger partial charge in [0.2, 0.25) is 0 Å². The van der Waals surface area contributed by atoms with Crippen molar-refractivity contribution in [3.8, 4) is 5.75 Å². The molecular formula is C18H24N2O. The number of hydrogen-bond acceptors (Lipinski definition) is 3. The molecule has 0 saturated heterocycles. The minimum atomic E-state index is 0.549.